The molecule has 0 spiro atoms. The van der Waals surface area contributed by atoms with Crippen molar-refractivity contribution < 1.29 is 19.1 Å². The molecule has 4 aromatic rings. The maximum atomic E-state index is 12.8. The number of hydrogen-bond donors (Lipinski definition) is 2. The van der Waals surface area contributed by atoms with Crippen molar-refractivity contribution in [2.75, 3.05) is 13.2 Å². The van der Waals surface area contributed by atoms with Gasteiger partial charge in [-0.1, -0.05) is 60.7 Å². The lowest BCUT2D eigenvalue weighted by Gasteiger charge is -2.31. The molecule has 0 bridgehead atoms. The zero-order valence-electron chi connectivity index (χ0n) is 23.0. The predicted molar refractivity (Wildman–Crippen MR) is 149 cm³/mol. The quantitative estimate of drug-likeness (QED) is 0.239. The fourth-order valence-corrected chi connectivity index (χ4v) is 5.65. The number of aromatic nitrogens is 2. The second-order valence-electron chi connectivity index (χ2n) is 9.54. The number of aromatic amines is 2. The second-order valence-corrected chi connectivity index (χ2v) is 9.54. The average Bonchev–Trinajstić information content (AvgIpc) is 3.38. The molecular weight excluding hydrogens is 476 g/mol. The lowest BCUT2D eigenvalue weighted by molar-refractivity contribution is 0.0509. The summed E-state index contributed by atoms with van der Waals surface area (Å²) in [6, 6.07) is 20.7. The third-order valence-corrected chi connectivity index (χ3v) is 7.22. The van der Waals surface area contributed by atoms with Gasteiger partial charge in [0.1, 0.15) is 11.4 Å². The van der Waals surface area contributed by atoms with Crippen LogP contribution in [0.15, 0.2) is 60.7 Å². The molecule has 2 aromatic heterocycles. The first-order chi connectivity index (χ1) is 18.3. The molecule has 0 aliphatic rings. The van der Waals surface area contributed by atoms with Gasteiger partial charge in [-0.15, -0.1) is 0 Å². The van der Waals surface area contributed by atoms with Gasteiger partial charge in [-0.25, -0.2) is 9.59 Å². The summed E-state index contributed by atoms with van der Waals surface area (Å²) in [4.78, 5) is 32.3. The van der Waals surface area contributed by atoms with Gasteiger partial charge in [-0.2, -0.15) is 0 Å². The van der Waals surface area contributed by atoms with Crippen LogP contribution in [0.4, 0.5) is 0 Å². The maximum absolute atomic E-state index is 12.8. The molecule has 2 atom stereocenters. The molecule has 2 aromatic carbocycles. The molecule has 2 heterocycles. The minimum Gasteiger partial charge on any atom is -0.461 e. The van der Waals surface area contributed by atoms with Gasteiger partial charge in [-0.3, -0.25) is 0 Å². The van der Waals surface area contributed by atoms with E-state index in [9.17, 15) is 9.59 Å². The highest BCUT2D eigenvalue weighted by molar-refractivity contribution is 5.91. The Morgan fingerprint density at radius 3 is 1.29 bits per heavy atom. The molecule has 0 aliphatic heterocycles. The highest BCUT2D eigenvalue weighted by Crippen LogP contribution is 2.47. The molecule has 0 aliphatic carbocycles. The number of H-pyrrole nitrogens is 2. The molecule has 4 rings (SSSR count). The third-order valence-electron chi connectivity index (χ3n) is 7.22. The number of hydrogen-bond acceptors (Lipinski definition) is 4. The molecule has 198 valence electrons. The van der Waals surface area contributed by atoms with Crippen LogP contribution in [0.3, 0.4) is 0 Å². The molecule has 6 heteroatoms. The van der Waals surface area contributed by atoms with Crippen LogP contribution in [0.25, 0.3) is 0 Å². The normalized spacial score (nSPS) is 12.7. The van der Waals surface area contributed by atoms with E-state index in [1.807, 2.05) is 64.1 Å². The van der Waals surface area contributed by atoms with E-state index < -0.39 is 0 Å². The number of nitrogens with one attached hydrogen (secondary N) is 2. The summed E-state index contributed by atoms with van der Waals surface area (Å²) in [6.45, 7) is 12.2. The Labute approximate surface area is 224 Å². The Morgan fingerprint density at radius 2 is 0.974 bits per heavy atom. The summed E-state index contributed by atoms with van der Waals surface area (Å²) in [7, 11) is 0. The lowest BCUT2D eigenvalue weighted by Crippen LogP contribution is -2.18. The number of benzene rings is 2. The monoisotopic (exact) mass is 512 g/mol. The van der Waals surface area contributed by atoms with Crippen LogP contribution < -0.4 is 0 Å². The molecule has 0 amide bonds. The van der Waals surface area contributed by atoms with E-state index >= 15 is 0 Å². The van der Waals surface area contributed by atoms with Crippen molar-refractivity contribution in [1.82, 2.24) is 9.97 Å². The lowest BCUT2D eigenvalue weighted by atomic mass is 9.71. The first-order valence-corrected chi connectivity index (χ1v) is 13.1. The van der Waals surface area contributed by atoms with Crippen molar-refractivity contribution in [3.05, 3.63) is 117 Å². The van der Waals surface area contributed by atoms with E-state index in [4.69, 9.17) is 9.47 Å². The molecule has 0 fully saturated rings. The molecule has 0 saturated carbocycles. The Kier molecular flexibility index (Phi) is 8.20. The second kappa shape index (κ2) is 11.5. The van der Waals surface area contributed by atoms with Gasteiger partial charge >= 0.3 is 11.9 Å². The van der Waals surface area contributed by atoms with E-state index in [0.29, 0.717) is 24.6 Å². The number of rotatable bonds is 9. The molecule has 6 nitrogen and oxygen atoms in total. The molecular formula is C32H36N2O4. The number of aryl methyl sites for hydroxylation is 2. The van der Waals surface area contributed by atoms with Gasteiger partial charge in [0.15, 0.2) is 0 Å². The Balaban J connectivity index is 2.03. The smallest absolute Gasteiger partial charge is 0.355 e. The predicted octanol–water partition coefficient (Wildman–Crippen LogP) is 6.89. The van der Waals surface area contributed by atoms with E-state index in [1.165, 1.54) is 0 Å². The highest BCUT2D eigenvalue weighted by atomic mass is 16.5. The van der Waals surface area contributed by atoms with Crippen molar-refractivity contribution in [2.45, 2.75) is 53.4 Å². The van der Waals surface area contributed by atoms with Crippen molar-refractivity contribution >= 4 is 11.9 Å². The molecule has 0 radical (unpaired) electrons. The first kappa shape index (κ1) is 27.0. The van der Waals surface area contributed by atoms with Gasteiger partial charge in [0, 0.05) is 23.2 Å². The van der Waals surface area contributed by atoms with Crippen LogP contribution in [-0.4, -0.2) is 35.1 Å². The topological polar surface area (TPSA) is 84.2 Å². The Morgan fingerprint density at radius 1 is 0.632 bits per heavy atom. The minimum absolute atomic E-state index is 0.152. The van der Waals surface area contributed by atoms with Gasteiger partial charge in [0.05, 0.1) is 13.2 Å². The average molecular weight is 513 g/mol. The van der Waals surface area contributed by atoms with Crippen molar-refractivity contribution in [1.29, 1.82) is 0 Å². The zero-order chi connectivity index (χ0) is 27.4. The number of esters is 2. The standard InChI is InChI=1S/C32H36N2O4/c1-7-37-31(35)29-19(3)25(21(5)33-29)27(23-15-11-9-12-16-23)28(24-17-13-10-14-18-24)26-20(4)30(34-22(26)6)32(36)38-8-2/h9-18,27-28,33-34H,7-8H2,1-6H3/t27-,28-/m1/s1. The minimum atomic E-state index is -0.360. The van der Waals surface area contributed by atoms with E-state index in [1.54, 1.807) is 13.8 Å². The van der Waals surface area contributed by atoms with E-state index in [-0.39, 0.29) is 23.8 Å². The summed E-state index contributed by atoms with van der Waals surface area (Å²) < 4.78 is 10.7. The number of carbonyl (C=O) groups excluding carboxylic acids is 2. The summed E-state index contributed by atoms with van der Waals surface area (Å²) in [5.41, 5.74) is 8.83. The SMILES string of the molecule is CCOC(=O)c1[nH]c(C)c([C@@H](c2ccccc2)[C@H](c2ccccc2)c2c(C)[nH]c(C(=O)OCC)c2C)c1C. The van der Waals surface area contributed by atoms with Gasteiger partial charge in [-0.05, 0) is 74.9 Å². The van der Waals surface area contributed by atoms with Crippen LogP contribution in [-0.2, 0) is 9.47 Å². The fraction of sp³-hybridized carbons (Fsp3) is 0.312. The van der Waals surface area contributed by atoms with Crippen molar-refractivity contribution in [2.24, 2.45) is 0 Å². The van der Waals surface area contributed by atoms with Gasteiger partial charge in [0.25, 0.3) is 0 Å². The maximum Gasteiger partial charge on any atom is 0.355 e. The Bertz CT molecular complexity index is 1310. The molecule has 38 heavy (non-hydrogen) atoms. The molecule has 2 N–H and O–H groups in total. The third kappa shape index (κ3) is 5.03. The van der Waals surface area contributed by atoms with Crippen LogP contribution in [0, 0.1) is 27.7 Å². The highest BCUT2D eigenvalue weighted by Gasteiger charge is 2.36. The fourth-order valence-electron chi connectivity index (χ4n) is 5.65. The summed E-state index contributed by atoms with van der Waals surface area (Å²) in [6.07, 6.45) is 0. The van der Waals surface area contributed by atoms with Gasteiger partial charge in [0.2, 0.25) is 0 Å². The summed E-state index contributed by atoms with van der Waals surface area (Å²) in [5.74, 6) is -1.02. The summed E-state index contributed by atoms with van der Waals surface area (Å²) in [5, 5.41) is 0. The zero-order valence-corrected chi connectivity index (χ0v) is 23.0. The van der Waals surface area contributed by atoms with E-state index in [0.717, 1.165) is 44.8 Å². The van der Waals surface area contributed by atoms with Crippen LogP contribution in [0.1, 0.15) is 91.4 Å². The van der Waals surface area contributed by atoms with Crippen LogP contribution in [0.5, 0.6) is 0 Å². The van der Waals surface area contributed by atoms with Crippen molar-refractivity contribution in [3.8, 4) is 0 Å². The van der Waals surface area contributed by atoms with E-state index in [2.05, 4.69) is 34.2 Å². The summed E-state index contributed by atoms with van der Waals surface area (Å²) >= 11 is 0. The number of carbonyl (C=O) groups is 2. The number of ether oxygens (including phenoxy) is 2. The molecule has 0 unspecified atom stereocenters. The van der Waals surface area contributed by atoms with Crippen molar-refractivity contribution in [3.63, 3.8) is 0 Å². The first-order valence-electron chi connectivity index (χ1n) is 13.1. The molecule has 0 saturated heterocycles. The Hall–Kier alpha value is -4.06. The largest absolute Gasteiger partial charge is 0.461 e. The van der Waals surface area contributed by atoms with Crippen LogP contribution >= 0.6 is 0 Å². The van der Waals surface area contributed by atoms with Gasteiger partial charge < -0.3 is 19.4 Å². The van der Waals surface area contributed by atoms with Crippen LogP contribution in [0.2, 0.25) is 0 Å².